The second kappa shape index (κ2) is 3.92. The molecule has 0 aromatic rings. The summed E-state index contributed by atoms with van der Waals surface area (Å²) in [6, 6.07) is 0. The Morgan fingerprint density at radius 1 is 1.75 bits per heavy atom. The summed E-state index contributed by atoms with van der Waals surface area (Å²) in [5, 5.41) is 0. The molecule has 0 saturated carbocycles. The van der Waals surface area contributed by atoms with Gasteiger partial charge in [-0.2, -0.15) is 0 Å². The van der Waals surface area contributed by atoms with Gasteiger partial charge in [0, 0.05) is 15.5 Å². The molecular weight excluding hydrogens is 286 g/mol. The summed E-state index contributed by atoms with van der Waals surface area (Å²) < 4.78 is 0.750. The SMILES string of the molecule is C#CCN1C(=O)C=C(Br)/C1=C/Br. The van der Waals surface area contributed by atoms with Crippen LogP contribution in [0.3, 0.4) is 0 Å². The van der Waals surface area contributed by atoms with Gasteiger partial charge in [0.15, 0.2) is 0 Å². The van der Waals surface area contributed by atoms with Gasteiger partial charge in [0.1, 0.15) is 0 Å². The van der Waals surface area contributed by atoms with E-state index in [0.717, 1.165) is 10.2 Å². The molecular formula is C8H5Br2NO. The minimum absolute atomic E-state index is 0.0921. The number of carbonyl (C=O) groups excluding carboxylic acids is 1. The van der Waals surface area contributed by atoms with Crippen molar-refractivity contribution in [3.63, 3.8) is 0 Å². The van der Waals surface area contributed by atoms with E-state index >= 15 is 0 Å². The highest BCUT2D eigenvalue weighted by atomic mass is 79.9. The van der Waals surface area contributed by atoms with Gasteiger partial charge in [-0.3, -0.25) is 9.69 Å². The fourth-order valence-corrected chi connectivity index (χ4v) is 2.20. The lowest BCUT2D eigenvalue weighted by Crippen LogP contribution is -2.24. The fraction of sp³-hybridized carbons (Fsp3) is 0.125. The van der Waals surface area contributed by atoms with E-state index in [1.165, 1.54) is 11.0 Å². The molecule has 0 N–H and O–H groups in total. The van der Waals surface area contributed by atoms with Gasteiger partial charge in [-0.05, 0) is 15.9 Å². The summed E-state index contributed by atoms with van der Waals surface area (Å²) in [4.78, 5) is 14.4. The lowest BCUT2D eigenvalue weighted by atomic mass is 10.4. The molecule has 0 fully saturated rings. The lowest BCUT2D eigenvalue weighted by Gasteiger charge is -2.14. The van der Waals surface area contributed by atoms with Crippen molar-refractivity contribution in [2.24, 2.45) is 0 Å². The largest absolute Gasteiger partial charge is 0.296 e. The Kier molecular flexibility index (Phi) is 3.12. The summed E-state index contributed by atoms with van der Waals surface area (Å²) in [6.07, 6.45) is 6.60. The molecule has 1 aliphatic heterocycles. The molecule has 0 saturated heterocycles. The zero-order chi connectivity index (χ0) is 9.14. The van der Waals surface area contributed by atoms with E-state index in [2.05, 4.69) is 37.8 Å². The minimum Gasteiger partial charge on any atom is -0.296 e. The van der Waals surface area contributed by atoms with Gasteiger partial charge in [-0.15, -0.1) is 6.42 Å². The zero-order valence-electron chi connectivity index (χ0n) is 6.05. The van der Waals surface area contributed by atoms with E-state index in [0.29, 0.717) is 6.54 Å². The minimum atomic E-state index is -0.0921. The van der Waals surface area contributed by atoms with Crippen LogP contribution in [0.15, 0.2) is 21.2 Å². The molecule has 1 heterocycles. The summed E-state index contributed by atoms with van der Waals surface area (Å²) in [5.74, 6) is 2.32. The summed E-state index contributed by atoms with van der Waals surface area (Å²) in [7, 11) is 0. The topological polar surface area (TPSA) is 20.3 Å². The first-order valence-electron chi connectivity index (χ1n) is 3.13. The van der Waals surface area contributed by atoms with E-state index in [-0.39, 0.29) is 5.91 Å². The molecule has 0 spiro atoms. The predicted molar refractivity (Wildman–Crippen MR) is 54.6 cm³/mol. The third-order valence-electron chi connectivity index (χ3n) is 1.40. The van der Waals surface area contributed by atoms with E-state index in [9.17, 15) is 4.79 Å². The normalized spacial score (nSPS) is 19.8. The summed E-state index contributed by atoms with van der Waals surface area (Å²) >= 11 is 6.41. The molecule has 0 atom stereocenters. The highest BCUT2D eigenvalue weighted by Crippen LogP contribution is 2.28. The second-order valence-corrected chi connectivity index (χ2v) is 3.43. The van der Waals surface area contributed by atoms with Crippen LogP contribution in [0.25, 0.3) is 0 Å². The van der Waals surface area contributed by atoms with Crippen LogP contribution in [-0.2, 0) is 4.79 Å². The average molecular weight is 291 g/mol. The van der Waals surface area contributed by atoms with Crippen molar-refractivity contribution < 1.29 is 4.79 Å². The van der Waals surface area contributed by atoms with Crippen LogP contribution in [0.1, 0.15) is 0 Å². The zero-order valence-corrected chi connectivity index (χ0v) is 9.22. The van der Waals surface area contributed by atoms with Gasteiger partial charge in [0.25, 0.3) is 5.91 Å². The predicted octanol–water partition coefficient (Wildman–Crippen LogP) is 1.98. The number of terminal acetylenes is 1. The highest BCUT2D eigenvalue weighted by molar-refractivity contribution is 9.12. The molecule has 2 nitrogen and oxygen atoms in total. The van der Waals surface area contributed by atoms with Crippen molar-refractivity contribution in [1.82, 2.24) is 4.90 Å². The quantitative estimate of drug-likeness (QED) is 0.676. The highest BCUT2D eigenvalue weighted by Gasteiger charge is 2.24. The van der Waals surface area contributed by atoms with Crippen LogP contribution in [0, 0.1) is 12.3 Å². The number of hydrogen-bond donors (Lipinski definition) is 0. The van der Waals surface area contributed by atoms with Gasteiger partial charge < -0.3 is 0 Å². The van der Waals surface area contributed by atoms with Crippen LogP contribution in [0.4, 0.5) is 0 Å². The number of rotatable bonds is 1. The van der Waals surface area contributed by atoms with Crippen LogP contribution >= 0.6 is 31.9 Å². The van der Waals surface area contributed by atoms with Crippen LogP contribution < -0.4 is 0 Å². The molecule has 0 unspecified atom stereocenters. The number of carbonyl (C=O) groups is 1. The summed E-state index contributed by atoms with van der Waals surface area (Å²) in [6.45, 7) is 0.294. The number of nitrogens with zero attached hydrogens (tertiary/aromatic N) is 1. The lowest BCUT2D eigenvalue weighted by molar-refractivity contribution is -0.122. The molecule has 0 aliphatic carbocycles. The second-order valence-electron chi connectivity index (χ2n) is 2.12. The van der Waals surface area contributed by atoms with Crippen LogP contribution in [0.2, 0.25) is 0 Å². The Hall–Kier alpha value is -0.530. The maximum absolute atomic E-state index is 11.2. The number of hydrogen-bond acceptors (Lipinski definition) is 1. The van der Waals surface area contributed by atoms with Crippen LogP contribution in [-0.4, -0.2) is 17.4 Å². The summed E-state index contributed by atoms with van der Waals surface area (Å²) in [5.41, 5.74) is 0.762. The monoisotopic (exact) mass is 289 g/mol. The average Bonchev–Trinajstić information content (AvgIpc) is 2.28. The molecule has 4 heteroatoms. The molecule has 1 rings (SSSR count). The van der Waals surface area contributed by atoms with Crippen molar-refractivity contribution in [3.05, 3.63) is 21.2 Å². The molecule has 1 amide bonds. The van der Waals surface area contributed by atoms with Crippen molar-refractivity contribution in [2.45, 2.75) is 0 Å². The molecule has 0 aromatic carbocycles. The van der Waals surface area contributed by atoms with Gasteiger partial charge in [0.05, 0.1) is 12.2 Å². The van der Waals surface area contributed by atoms with Gasteiger partial charge >= 0.3 is 0 Å². The first kappa shape index (κ1) is 9.56. The number of allylic oxidation sites excluding steroid dienone is 1. The maximum atomic E-state index is 11.2. The third-order valence-corrected chi connectivity index (χ3v) is 2.47. The Labute approximate surface area is 87.6 Å². The first-order valence-corrected chi connectivity index (χ1v) is 4.84. The smallest absolute Gasteiger partial charge is 0.253 e. The van der Waals surface area contributed by atoms with E-state index < -0.39 is 0 Å². The molecule has 0 bridgehead atoms. The maximum Gasteiger partial charge on any atom is 0.253 e. The molecule has 0 radical (unpaired) electrons. The van der Waals surface area contributed by atoms with E-state index in [1.54, 1.807) is 4.99 Å². The molecule has 0 aromatic heterocycles. The van der Waals surface area contributed by atoms with Gasteiger partial charge in [0.2, 0.25) is 0 Å². The Bertz CT molecular complexity index is 312. The Morgan fingerprint density at radius 3 is 2.92 bits per heavy atom. The molecule has 62 valence electrons. The third kappa shape index (κ3) is 1.62. The molecule has 1 aliphatic rings. The Balaban J connectivity index is 2.93. The van der Waals surface area contributed by atoms with Crippen molar-refractivity contribution >= 4 is 37.8 Å². The van der Waals surface area contributed by atoms with Gasteiger partial charge in [-0.1, -0.05) is 21.9 Å². The molecule has 12 heavy (non-hydrogen) atoms. The fourth-order valence-electron chi connectivity index (χ4n) is 0.873. The van der Waals surface area contributed by atoms with Crippen LogP contribution in [0.5, 0.6) is 0 Å². The number of halogens is 2. The number of amides is 1. The van der Waals surface area contributed by atoms with Gasteiger partial charge in [-0.25, -0.2) is 0 Å². The standard InChI is InChI=1S/C8H5Br2NO/c1-2-3-11-7(5-9)6(10)4-8(11)12/h1,4-5H,3H2/b7-5-. The van der Waals surface area contributed by atoms with E-state index in [4.69, 9.17) is 6.42 Å². The van der Waals surface area contributed by atoms with Crippen molar-refractivity contribution in [2.75, 3.05) is 6.54 Å². The van der Waals surface area contributed by atoms with E-state index in [1.807, 2.05) is 0 Å². The first-order chi connectivity index (χ1) is 5.70. The Morgan fingerprint density at radius 2 is 2.42 bits per heavy atom. The van der Waals surface area contributed by atoms with Crippen molar-refractivity contribution in [3.8, 4) is 12.3 Å². The van der Waals surface area contributed by atoms with Crippen molar-refractivity contribution in [1.29, 1.82) is 0 Å².